The Morgan fingerprint density at radius 1 is 1.62 bits per heavy atom. The fraction of sp³-hybridized carbons (Fsp3) is 0.417. The minimum absolute atomic E-state index is 0.0618. The second kappa shape index (κ2) is 6.12. The number of nitrogens with one attached hydrogen (secondary N) is 2. The van der Waals surface area contributed by atoms with Crippen LogP contribution in [0.2, 0.25) is 0 Å². The van der Waals surface area contributed by atoms with Gasteiger partial charge in [0, 0.05) is 6.54 Å². The number of halogens is 1. The molecule has 0 aliphatic carbocycles. The number of ether oxygens (including phenoxy) is 1. The monoisotopic (exact) mass is 375 g/mol. The van der Waals surface area contributed by atoms with Crippen molar-refractivity contribution in [1.29, 1.82) is 0 Å². The predicted molar refractivity (Wildman–Crippen MR) is 82.4 cm³/mol. The highest BCUT2D eigenvalue weighted by Gasteiger charge is 2.15. The van der Waals surface area contributed by atoms with Crippen molar-refractivity contribution in [2.45, 2.75) is 26.1 Å². The van der Waals surface area contributed by atoms with Crippen molar-refractivity contribution >= 4 is 43.6 Å². The summed E-state index contributed by atoms with van der Waals surface area (Å²) >= 11 is 4.58. The molecule has 0 saturated carbocycles. The molecule has 21 heavy (non-hydrogen) atoms. The fourth-order valence-electron chi connectivity index (χ4n) is 1.50. The van der Waals surface area contributed by atoms with Crippen LogP contribution in [0.15, 0.2) is 14.6 Å². The second-order valence-electron chi connectivity index (χ2n) is 5.02. The van der Waals surface area contributed by atoms with E-state index in [1.807, 2.05) is 0 Å². The molecule has 0 atom stereocenters. The molecule has 7 nitrogen and oxygen atoms in total. The number of thiophene rings is 1. The maximum absolute atomic E-state index is 11.8. The molecule has 0 aromatic carbocycles. The molecule has 0 aliphatic heterocycles. The number of nitrogens with zero attached hydrogens (tertiary/aromatic N) is 1. The Hall–Kier alpha value is -1.45. The number of carbonyl (C=O) groups excluding carboxylic acids is 1. The molecule has 3 N–H and O–H groups in total. The lowest BCUT2D eigenvalue weighted by Gasteiger charge is -2.17. The second-order valence-corrected chi connectivity index (χ2v) is 7.45. The zero-order valence-corrected chi connectivity index (χ0v) is 13.8. The topological polar surface area (TPSA) is 104 Å². The number of aromatic nitrogens is 2. The molecular formula is C12H14BrN3O4S. The van der Waals surface area contributed by atoms with E-state index in [2.05, 4.69) is 31.2 Å². The Morgan fingerprint density at radius 3 is 3.00 bits per heavy atom. The van der Waals surface area contributed by atoms with Crippen molar-refractivity contribution in [3.05, 3.63) is 26.0 Å². The van der Waals surface area contributed by atoms with E-state index in [-0.39, 0.29) is 24.5 Å². The third-order valence-corrected chi connectivity index (χ3v) is 4.03. The number of amides is 1. The Labute approximate surface area is 132 Å². The van der Waals surface area contributed by atoms with Crippen molar-refractivity contribution in [3.63, 3.8) is 0 Å². The molecule has 0 unspecified atom stereocenters. The van der Waals surface area contributed by atoms with Gasteiger partial charge < -0.3 is 20.1 Å². The summed E-state index contributed by atoms with van der Waals surface area (Å²) in [7, 11) is 0. The van der Waals surface area contributed by atoms with Gasteiger partial charge in [-0.05, 0) is 35.8 Å². The number of aromatic amines is 1. The highest BCUT2D eigenvalue weighted by molar-refractivity contribution is 9.11. The first-order valence-corrected chi connectivity index (χ1v) is 7.67. The average molecular weight is 376 g/mol. The SMILES string of the molecule is CC(C)(O)CNC(=O)OCc1nc2cc(Br)sc2c(=O)[nH]1. The predicted octanol–water partition coefficient (Wildman–Crippen LogP) is 1.74. The van der Waals surface area contributed by atoms with Crippen molar-refractivity contribution in [2.75, 3.05) is 6.54 Å². The number of fused-ring (bicyclic) bond motifs is 1. The van der Waals surface area contributed by atoms with Crippen molar-refractivity contribution in [1.82, 2.24) is 15.3 Å². The largest absolute Gasteiger partial charge is 0.441 e. The lowest BCUT2D eigenvalue weighted by molar-refractivity contribution is 0.0726. The van der Waals surface area contributed by atoms with Gasteiger partial charge in [-0.3, -0.25) is 4.79 Å². The maximum atomic E-state index is 11.8. The third-order valence-electron chi connectivity index (χ3n) is 2.41. The van der Waals surface area contributed by atoms with Gasteiger partial charge in [0.2, 0.25) is 0 Å². The van der Waals surface area contributed by atoms with E-state index >= 15 is 0 Å². The molecule has 9 heteroatoms. The number of hydrogen-bond donors (Lipinski definition) is 3. The van der Waals surface area contributed by atoms with Crippen LogP contribution in [-0.4, -0.2) is 33.3 Å². The van der Waals surface area contributed by atoms with E-state index in [0.717, 1.165) is 3.79 Å². The van der Waals surface area contributed by atoms with Crippen LogP contribution in [0.4, 0.5) is 4.79 Å². The van der Waals surface area contributed by atoms with E-state index in [9.17, 15) is 14.7 Å². The first kappa shape index (κ1) is 15.9. The molecule has 2 rings (SSSR count). The van der Waals surface area contributed by atoms with Crippen LogP contribution in [0.25, 0.3) is 10.2 Å². The highest BCUT2D eigenvalue weighted by atomic mass is 79.9. The van der Waals surface area contributed by atoms with Gasteiger partial charge in [0.05, 0.1) is 14.9 Å². The maximum Gasteiger partial charge on any atom is 0.407 e. The summed E-state index contributed by atoms with van der Waals surface area (Å²) in [5.41, 5.74) is -0.745. The summed E-state index contributed by atoms with van der Waals surface area (Å²) < 4.78 is 6.25. The summed E-state index contributed by atoms with van der Waals surface area (Å²) in [6.45, 7) is 3.03. The zero-order valence-electron chi connectivity index (χ0n) is 11.4. The van der Waals surface area contributed by atoms with Crippen LogP contribution >= 0.6 is 27.3 Å². The Balaban J connectivity index is 2.00. The molecule has 0 fully saturated rings. The Bertz CT molecular complexity index is 719. The van der Waals surface area contributed by atoms with Gasteiger partial charge in [-0.1, -0.05) is 0 Å². The molecule has 2 heterocycles. The van der Waals surface area contributed by atoms with Gasteiger partial charge in [0.15, 0.2) is 6.61 Å². The fourth-order valence-corrected chi connectivity index (χ4v) is 2.92. The average Bonchev–Trinajstić information content (AvgIpc) is 2.74. The molecule has 0 aliphatic rings. The summed E-state index contributed by atoms with van der Waals surface area (Å²) in [4.78, 5) is 30.0. The molecule has 0 bridgehead atoms. The van der Waals surface area contributed by atoms with E-state index in [4.69, 9.17) is 4.74 Å². The Kier molecular flexibility index (Phi) is 4.64. The van der Waals surface area contributed by atoms with Gasteiger partial charge >= 0.3 is 6.09 Å². The smallest absolute Gasteiger partial charge is 0.407 e. The molecular weight excluding hydrogens is 362 g/mol. The normalized spacial score (nSPS) is 11.6. The van der Waals surface area contributed by atoms with Gasteiger partial charge in [0.1, 0.15) is 10.5 Å². The van der Waals surface area contributed by atoms with E-state index in [1.165, 1.54) is 11.3 Å². The van der Waals surface area contributed by atoms with Crippen molar-refractivity contribution in [3.8, 4) is 0 Å². The first-order valence-electron chi connectivity index (χ1n) is 6.06. The minimum atomic E-state index is -1.02. The van der Waals surface area contributed by atoms with Crippen LogP contribution < -0.4 is 10.9 Å². The standard InChI is InChI=1S/C12H14BrN3O4S/c1-12(2,19)5-14-11(18)20-4-8-15-6-3-7(13)21-9(6)10(17)16-8/h3,19H,4-5H2,1-2H3,(H,14,18)(H,15,16,17). The molecule has 2 aromatic heterocycles. The van der Waals surface area contributed by atoms with Gasteiger partial charge in [0.25, 0.3) is 5.56 Å². The highest BCUT2D eigenvalue weighted by Crippen LogP contribution is 2.25. The van der Waals surface area contributed by atoms with E-state index < -0.39 is 11.7 Å². The van der Waals surface area contributed by atoms with Gasteiger partial charge in [-0.25, -0.2) is 9.78 Å². The first-order chi connectivity index (χ1) is 9.74. The molecule has 1 amide bonds. The minimum Gasteiger partial charge on any atom is -0.441 e. The number of hydrogen-bond acceptors (Lipinski definition) is 6. The van der Waals surface area contributed by atoms with Crippen LogP contribution in [-0.2, 0) is 11.3 Å². The molecule has 0 spiro atoms. The summed E-state index contributed by atoms with van der Waals surface area (Å²) in [6.07, 6.45) is -0.689. The number of rotatable bonds is 4. The van der Waals surface area contributed by atoms with E-state index in [1.54, 1.807) is 19.9 Å². The van der Waals surface area contributed by atoms with Crippen LogP contribution in [0, 0.1) is 0 Å². The zero-order chi connectivity index (χ0) is 15.6. The van der Waals surface area contributed by atoms with Crippen molar-refractivity contribution < 1.29 is 14.6 Å². The quantitative estimate of drug-likeness (QED) is 0.754. The summed E-state index contributed by atoms with van der Waals surface area (Å²) in [5.74, 6) is 0.260. The number of H-pyrrole nitrogens is 1. The third kappa shape index (κ3) is 4.51. The summed E-state index contributed by atoms with van der Waals surface area (Å²) in [5, 5.41) is 11.9. The number of aliphatic hydroxyl groups is 1. The molecule has 2 aromatic rings. The Morgan fingerprint density at radius 2 is 2.33 bits per heavy atom. The molecule has 0 saturated heterocycles. The van der Waals surface area contributed by atoms with E-state index in [0.29, 0.717) is 10.2 Å². The van der Waals surface area contributed by atoms with Crippen LogP contribution in [0.1, 0.15) is 19.7 Å². The van der Waals surface area contributed by atoms with Crippen LogP contribution in [0.3, 0.4) is 0 Å². The molecule has 114 valence electrons. The van der Waals surface area contributed by atoms with Gasteiger partial charge in [-0.15, -0.1) is 11.3 Å². The van der Waals surface area contributed by atoms with Crippen molar-refractivity contribution in [2.24, 2.45) is 0 Å². The summed E-state index contributed by atoms with van der Waals surface area (Å²) in [6, 6.07) is 1.73. The number of carbonyl (C=O) groups is 1. The molecule has 0 radical (unpaired) electrons. The number of alkyl carbamates (subject to hydrolysis) is 1. The lowest BCUT2D eigenvalue weighted by Crippen LogP contribution is -2.38. The lowest BCUT2D eigenvalue weighted by atomic mass is 10.1. The van der Waals surface area contributed by atoms with Gasteiger partial charge in [-0.2, -0.15) is 0 Å². The van der Waals surface area contributed by atoms with Crippen LogP contribution in [0.5, 0.6) is 0 Å².